The van der Waals surface area contributed by atoms with Crippen LogP contribution < -0.4 is 9.62 Å². The molecular formula is C18H21FN4O2S. The zero-order valence-electron chi connectivity index (χ0n) is 14.4. The fourth-order valence-corrected chi connectivity index (χ4v) is 4.18. The minimum atomic E-state index is -4.11. The van der Waals surface area contributed by atoms with Gasteiger partial charge in [0.15, 0.2) is 0 Å². The first-order valence-corrected chi connectivity index (χ1v) is 9.77. The highest BCUT2D eigenvalue weighted by Gasteiger charge is 2.26. The molecule has 0 bridgehead atoms. The van der Waals surface area contributed by atoms with Crippen molar-refractivity contribution in [3.63, 3.8) is 0 Å². The van der Waals surface area contributed by atoms with Crippen LogP contribution in [0.1, 0.15) is 6.92 Å². The lowest BCUT2D eigenvalue weighted by Crippen LogP contribution is -2.47. The van der Waals surface area contributed by atoms with E-state index in [4.69, 9.17) is 0 Å². The minimum absolute atomic E-state index is 0.309. The van der Waals surface area contributed by atoms with E-state index in [9.17, 15) is 12.8 Å². The molecule has 0 saturated carbocycles. The van der Waals surface area contributed by atoms with E-state index < -0.39 is 15.8 Å². The largest absolute Gasteiger partial charge is 0.373 e. The number of anilines is 1. The molecule has 6 nitrogen and oxygen atoms in total. The Morgan fingerprint density at radius 3 is 2.81 bits per heavy atom. The van der Waals surface area contributed by atoms with Gasteiger partial charge in [0.25, 0.3) is 10.0 Å². The highest BCUT2D eigenvalue weighted by Crippen LogP contribution is 2.25. The van der Waals surface area contributed by atoms with Gasteiger partial charge in [-0.25, -0.2) is 17.1 Å². The monoisotopic (exact) mass is 376 g/mol. The number of aromatic nitrogens is 1. The van der Waals surface area contributed by atoms with Gasteiger partial charge in [-0.1, -0.05) is 12.1 Å². The van der Waals surface area contributed by atoms with Gasteiger partial charge in [0.2, 0.25) is 0 Å². The van der Waals surface area contributed by atoms with Crippen LogP contribution in [0.5, 0.6) is 0 Å². The molecule has 1 unspecified atom stereocenters. The van der Waals surface area contributed by atoms with Gasteiger partial charge in [0.05, 0.1) is 11.9 Å². The van der Waals surface area contributed by atoms with Gasteiger partial charge in [0, 0.05) is 44.3 Å². The summed E-state index contributed by atoms with van der Waals surface area (Å²) in [5.74, 6) is -0.786. The molecule has 1 atom stereocenters. The van der Waals surface area contributed by atoms with Gasteiger partial charge < -0.3 is 10.2 Å². The Bertz CT molecular complexity index is 874. The predicted octanol–water partition coefficient (Wildman–Crippen LogP) is 2.18. The topological polar surface area (TPSA) is 65.5 Å². The van der Waals surface area contributed by atoms with Crippen LogP contribution >= 0.6 is 0 Å². The fraction of sp³-hybridized carbons (Fsp3) is 0.278. The molecule has 1 aromatic carbocycles. The van der Waals surface area contributed by atoms with E-state index in [0.717, 1.165) is 30.0 Å². The third kappa shape index (κ3) is 4.03. The molecule has 1 aliphatic heterocycles. The number of halogens is 1. The Labute approximate surface area is 153 Å². The van der Waals surface area contributed by atoms with Crippen LogP contribution in [0.4, 0.5) is 10.1 Å². The summed E-state index contributed by atoms with van der Waals surface area (Å²) in [5.41, 5.74) is 0.343. The smallest absolute Gasteiger partial charge is 0.271 e. The van der Waals surface area contributed by atoms with Crippen LogP contribution in [0.25, 0.3) is 0 Å². The number of hydrogen-bond donors (Lipinski definition) is 1. The number of pyridine rings is 1. The number of rotatable bonds is 5. The van der Waals surface area contributed by atoms with Crippen molar-refractivity contribution in [1.82, 2.24) is 15.2 Å². The number of hydrogen-bond acceptors (Lipinski definition) is 5. The maximum atomic E-state index is 14.1. The summed E-state index contributed by atoms with van der Waals surface area (Å²) in [5, 5.41) is 3.33. The van der Waals surface area contributed by atoms with Crippen molar-refractivity contribution in [1.29, 1.82) is 0 Å². The molecule has 0 amide bonds. The molecule has 1 aromatic heterocycles. The van der Waals surface area contributed by atoms with Crippen LogP contribution in [0.15, 0.2) is 66.1 Å². The third-order valence-corrected chi connectivity index (χ3v) is 5.82. The quantitative estimate of drug-likeness (QED) is 0.867. The van der Waals surface area contributed by atoms with Crippen molar-refractivity contribution < 1.29 is 12.8 Å². The molecule has 0 aliphatic carbocycles. The summed E-state index contributed by atoms with van der Waals surface area (Å²) in [4.78, 5) is 5.64. The summed E-state index contributed by atoms with van der Waals surface area (Å²) in [7, 11) is -4.11. The van der Waals surface area contributed by atoms with E-state index in [1.807, 2.05) is 4.90 Å². The Kier molecular flexibility index (Phi) is 5.53. The lowest BCUT2D eigenvalue weighted by molar-refractivity contribution is 0.276. The average molecular weight is 376 g/mol. The molecule has 3 rings (SSSR count). The van der Waals surface area contributed by atoms with E-state index >= 15 is 0 Å². The van der Waals surface area contributed by atoms with Gasteiger partial charge in [0.1, 0.15) is 10.7 Å². The number of sulfonamides is 1. The number of nitrogens with zero attached hydrogens (tertiary/aromatic N) is 3. The molecule has 8 heteroatoms. The standard InChI is InChI=1S/C18H21FN4O2S/c1-15-14-22(10-9-21-15)11-12-23(16-5-4-8-20-13-16)26(24,25)18-7-3-2-6-17(18)19/h2-8,11-13,15,21H,9-10,14H2,1H3. The molecule has 2 heterocycles. The third-order valence-electron chi connectivity index (χ3n) is 4.09. The fourth-order valence-electron chi connectivity index (χ4n) is 2.80. The van der Waals surface area contributed by atoms with Crippen LogP contribution in [-0.4, -0.2) is 44.0 Å². The van der Waals surface area contributed by atoms with Crippen molar-refractivity contribution in [2.75, 3.05) is 23.9 Å². The van der Waals surface area contributed by atoms with Gasteiger partial charge in [-0.2, -0.15) is 0 Å². The van der Waals surface area contributed by atoms with Crippen LogP contribution in [0.2, 0.25) is 0 Å². The molecule has 1 N–H and O–H groups in total. The summed E-state index contributed by atoms with van der Waals surface area (Å²) in [6.07, 6.45) is 6.17. The molecule has 1 aliphatic rings. The van der Waals surface area contributed by atoms with E-state index in [-0.39, 0.29) is 4.90 Å². The molecule has 26 heavy (non-hydrogen) atoms. The van der Waals surface area contributed by atoms with Crippen molar-refractivity contribution in [3.8, 4) is 0 Å². The lowest BCUT2D eigenvalue weighted by atomic mass is 10.2. The molecule has 2 aromatic rings. The second-order valence-electron chi connectivity index (χ2n) is 6.09. The van der Waals surface area contributed by atoms with Crippen LogP contribution in [0, 0.1) is 5.82 Å². The Morgan fingerprint density at radius 2 is 2.12 bits per heavy atom. The first-order chi connectivity index (χ1) is 12.5. The van der Waals surface area contributed by atoms with E-state index in [2.05, 4.69) is 17.2 Å². The summed E-state index contributed by atoms with van der Waals surface area (Å²) < 4.78 is 41.3. The first-order valence-electron chi connectivity index (χ1n) is 8.33. The van der Waals surface area contributed by atoms with Gasteiger partial charge in [-0.15, -0.1) is 0 Å². The van der Waals surface area contributed by atoms with Crippen molar-refractivity contribution in [2.24, 2.45) is 0 Å². The Hall–Kier alpha value is -2.45. The normalized spacial score (nSPS) is 18.2. The van der Waals surface area contributed by atoms with Crippen molar-refractivity contribution in [2.45, 2.75) is 17.9 Å². The Balaban J connectivity index is 1.98. The molecule has 1 fully saturated rings. The van der Waals surface area contributed by atoms with Crippen LogP contribution in [-0.2, 0) is 10.0 Å². The molecule has 0 spiro atoms. The summed E-state index contributed by atoms with van der Waals surface area (Å²) in [6.45, 7) is 4.41. The number of piperazine rings is 1. The maximum absolute atomic E-state index is 14.1. The van der Waals surface area contributed by atoms with Gasteiger partial charge in [-0.05, 0) is 31.2 Å². The molecule has 0 radical (unpaired) electrons. The minimum Gasteiger partial charge on any atom is -0.373 e. The van der Waals surface area contributed by atoms with Crippen molar-refractivity contribution >= 4 is 15.7 Å². The first kappa shape index (κ1) is 18.3. The van der Waals surface area contributed by atoms with E-state index in [0.29, 0.717) is 11.7 Å². The average Bonchev–Trinajstić information content (AvgIpc) is 2.63. The highest BCUT2D eigenvalue weighted by molar-refractivity contribution is 7.93. The van der Waals surface area contributed by atoms with Crippen LogP contribution in [0.3, 0.4) is 0 Å². The zero-order valence-corrected chi connectivity index (χ0v) is 15.2. The molecular weight excluding hydrogens is 355 g/mol. The van der Waals surface area contributed by atoms with Crippen molar-refractivity contribution in [3.05, 3.63) is 67.0 Å². The number of nitrogens with one attached hydrogen (secondary N) is 1. The predicted molar refractivity (Wildman–Crippen MR) is 98.5 cm³/mol. The lowest BCUT2D eigenvalue weighted by Gasteiger charge is -2.31. The molecule has 138 valence electrons. The van der Waals surface area contributed by atoms with Gasteiger partial charge >= 0.3 is 0 Å². The van der Waals surface area contributed by atoms with E-state index in [1.54, 1.807) is 24.5 Å². The molecule has 1 saturated heterocycles. The summed E-state index contributed by atoms with van der Waals surface area (Å²) >= 11 is 0. The van der Waals surface area contributed by atoms with E-state index in [1.165, 1.54) is 30.6 Å². The van der Waals surface area contributed by atoms with Gasteiger partial charge in [-0.3, -0.25) is 4.98 Å². The SMILES string of the molecule is CC1CN(C=CN(c2cccnc2)S(=O)(=O)c2ccccc2F)CCN1. The number of benzene rings is 1. The maximum Gasteiger partial charge on any atom is 0.271 e. The highest BCUT2D eigenvalue weighted by atomic mass is 32.2. The summed E-state index contributed by atoms with van der Waals surface area (Å²) in [6, 6.07) is 8.92. The second kappa shape index (κ2) is 7.84. The Morgan fingerprint density at radius 1 is 1.31 bits per heavy atom. The second-order valence-corrected chi connectivity index (χ2v) is 7.87. The zero-order chi connectivity index (χ0) is 18.6.